The number of benzene rings is 3. The van der Waals surface area contributed by atoms with Gasteiger partial charge in [-0.05, 0) is 27.6 Å². The second-order valence-electron chi connectivity index (χ2n) is 7.88. The second kappa shape index (κ2) is 17.0. The third kappa shape index (κ3) is 9.46. The molecule has 3 aromatic carbocycles. The molecule has 0 fully saturated rings. The standard InChI is InChI=1S/C28H36O8/c1-30-10-11-31-12-13-32-14-15-33-16-17-34-18-19-35-20-21-36-28(29)27-25-8-4-2-6-23(25)22-24-7-3-5-9-26(24)27/h2-9,22H,10-21H2,1H3. The Morgan fingerprint density at radius 1 is 0.556 bits per heavy atom. The number of carbonyl (C=O) groups is 1. The van der Waals surface area contributed by atoms with Crippen molar-refractivity contribution in [3.8, 4) is 0 Å². The van der Waals surface area contributed by atoms with Gasteiger partial charge in [0.1, 0.15) is 6.61 Å². The SMILES string of the molecule is COCCOCCOCCOCCOCCOCCOC(=O)c1c2ccccc2cc2ccccc12. The van der Waals surface area contributed by atoms with Crippen LogP contribution in [-0.4, -0.2) is 92.4 Å². The first-order valence-electron chi connectivity index (χ1n) is 12.3. The van der Waals surface area contributed by atoms with E-state index in [1.165, 1.54) is 0 Å². The summed E-state index contributed by atoms with van der Waals surface area (Å²) in [5.41, 5.74) is 0.591. The van der Waals surface area contributed by atoms with E-state index in [0.717, 1.165) is 21.5 Å². The number of hydrogen-bond donors (Lipinski definition) is 0. The molecule has 0 aliphatic heterocycles. The minimum atomic E-state index is -0.345. The van der Waals surface area contributed by atoms with Crippen LogP contribution in [0.2, 0.25) is 0 Å². The minimum Gasteiger partial charge on any atom is -0.460 e. The number of methoxy groups -OCH3 is 1. The Bertz CT molecular complexity index is 984. The Labute approximate surface area is 212 Å². The van der Waals surface area contributed by atoms with E-state index < -0.39 is 0 Å². The molecular formula is C28H36O8. The van der Waals surface area contributed by atoms with Gasteiger partial charge in [0.15, 0.2) is 0 Å². The van der Waals surface area contributed by atoms with Crippen LogP contribution < -0.4 is 0 Å². The summed E-state index contributed by atoms with van der Waals surface area (Å²) < 4.78 is 37.5. The summed E-state index contributed by atoms with van der Waals surface area (Å²) in [5, 5.41) is 3.79. The largest absolute Gasteiger partial charge is 0.460 e. The fourth-order valence-corrected chi connectivity index (χ4v) is 3.62. The average Bonchev–Trinajstić information content (AvgIpc) is 2.90. The predicted molar refractivity (Wildman–Crippen MR) is 138 cm³/mol. The molecule has 0 heterocycles. The lowest BCUT2D eigenvalue weighted by Crippen LogP contribution is -2.15. The zero-order chi connectivity index (χ0) is 25.3. The van der Waals surface area contributed by atoms with Gasteiger partial charge >= 0.3 is 5.97 Å². The number of hydrogen-bond acceptors (Lipinski definition) is 8. The molecular weight excluding hydrogens is 464 g/mol. The first kappa shape index (κ1) is 28.0. The Morgan fingerprint density at radius 3 is 1.39 bits per heavy atom. The van der Waals surface area contributed by atoms with Gasteiger partial charge < -0.3 is 33.2 Å². The van der Waals surface area contributed by atoms with E-state index in [9.17, 15) is 4.79 Å². The third-order valence-electron chi connectivity index (χ3n) is 5.36. The summed E-state index contributed by atoms with van der Waals surface area (Å²) in [6.07, 6.45) is 0. The van der Waals surface area contributed by atoms with Crippen LogP contribution >= 0.6 is 0 Å². The summed E-state index contributed by atoms with van der Waals surface area (Å²) in [6.45, 7) is 5.59. The molecule has 0 aliphatic rings. The number of rotatable bonds is 19. The first-order chi connectivity index (χ1) is 17.8. The lowest BCUT2D eigenvalue weighted by Gasteiger charge is -2.12. The highest BCUT2D eigenvalue weighted by molar-refractivity contribution is 6.16. The first-order valence-corrected chi connectivity index (χ1v) is 12.3. The zero-order valence-corrected chi connectivity index (χ0v) is 20.9. The van der Waals surface area contributed by atoms with Crippen molar-refractivity contribution in [2.45, 2.75) is 0 Å². The van der Waals surface area contributed by atoms with Gasteiger partial charge in [-0.1, -0.05) is 48.5 Å². The van der Waals surface area contributed by atoms with Crippen molar-refractivity contribution in [2.24, 2.45) is 0 Å². The Balaban J connectivity index is 1.21. The molecule has 0 radical (unpaired) electrons. The van der Waals surface area contributed by atoms with Crippen molar-refractivity contribution in [1.29, 1.82) is 0 Å². The molecule has 0 aromatic heterocycles. The number of fused-ring (bicyclic) bond motifs is 2. The Morgan fingerprint density at radius 2 is 0.944 bits per heavy atom. The van der Waals surface area contributed by atoms with Gasteiger partial charge in [-0.3, -0.25) is 0 Å². The fourth-order valence-electron chi connectivity index (χ4n) is 3.62. The summed E-state index contributed by atoms with van der Waals surface area (Å²) in [7, 11) is 1.64. The molecule has 0 spiro atoms. The van der Waals surface area contributed by atoms with E-state index >= 15 is 0 Å². The quantitative estimate of drug-likeness (QED) is 0.139. The van der Waals surface area contributed by atoms with E-state index in [1.807, 2.05) is 48.5 Å². The van der Waals surface area contributed by atoms with Crippen LogP contribution in [-0.2, 0) is 33.2 Å². The second-order valence-corrected chi connectivity index (χ2v) is 7.88. The van der Waals surface area contributed by atoms with Crippen LogP contribution in [0.3, 0.4) is 0 Å². The van der Waals surface area contributed by atoms with Gasteiger partial charge in [0.25, 0.3) is 0 Å². The maximum absolute atomic E-state index is 12.9. The van der Waals surface area contributed by atoms with Crippen molar-refractivity contribution in [2.75, 3.05) is 86.4 Å². The van der Waals surface area contributed by atoms with E-state index in [-0.39, 0.29) is 12.6 Å². The number of esters is 1. The normalized spacial score (nSPS) is 11.4. The van der Waals surface area contributed by atoms with Crippen molar-refractivity contribution < 1.29 is 38.0 Å². The van der Waals surface area contributed by atoms with E-state index in [0.29, 0.717) is 78.2 Å². The Hall–Kier alpha value is -2.59. The van der Waals surface area contributed by atoms with Gasteiger partial charge in [-0.15, -0.1) is 0 Å². The van der Waals surface area contributed by atoms with Crippen molar-refractivity contribution in [3.63, 3.8) is 0 Å². The maximum Gasteiger partial charge on any atom is 0.339 e. The monoisotopic (exact) mass is 500 g/mol. The lowest BCUT2D eigenvalue weighted by molar-refractivity contribution is -0.0177. The summed E-state index contributed by atoms with van der Waals surface area (Å²) in [4.78, 5) is 12.9. The fraction of sp³-hybridized carbons (Fsp3) is 0.464. The highest BCUT2D eigenvalue weighted by Gasteiger charge is 2.16. The number of carbonyl (C=O) groups excluding carboxylic acids is 1. The molecule has 0 aliphatic carbocycles. The van der Waals surface area contributed by atoms with Crippen LogP contribution in [0.5, 0.6) is 0 Å². The van der Waals surface area contributed by atoms with Gasteiger partial charge in [0, 0.05) is 7.11 Å². The van der Waals surface area contributed by atoms with E-state index in [2.05, 4.69) is 6.07 Å². The van der Waals surface area contributed by atoms with E-state index in [1.54, 1.807) is 7.11 Å². The zero-order valence-electron chi connectivity index (χ0n) is 20.9. The van der Waals surface area contributed by atoms with Crippen molar-refractivity contribution in [1.82, 2.24) is 0 Å². The highest BCUT2D eigenvalue weighted by atomic mass is 16.6. The molecule has 0 saturated carbocycles. The van der Waals surface area contributed by atoms with Crippen LogP contribution in [0.25, 0.3) is 21.5 Å². The van der Waals surface area contributed by atoms with Crippen molar-refractivity contribution >= 4 is 27.5 Å². The molecule has 0 unspecified atom stereocenters. The van der Waals surface area contributed by atoms with Crippen LogP contribution in [0.15, 0.2) is 54.6 Å². The molecule has 3 aromatic rings. The molecule has 3 rings (SSSR count). The molecule has 0 atom stereocenters. The summed E-state index contributed by atoms with van der Waals surface area (Å²) in [6, 6.07) is 17.8. The molecule has 36 heavy (non-hydrogen) atoms. The molecule has 8 nitrogen and oxygen atoms in total. The summed E-state index contributed by atoms with van der Waals surface area (Å²) >= 11 is 0. The van der Waals surface area contributed by atoms with E-state index in [4.69, 9.17) is 33.2 Å². The molecule has 8 heteroatoms. The Kier molecular flexibility index (Phi) is 13.2. The van der Waals surface area contributed by atoms with Crippen LogP contribution in [0, 0.1) is 0 Å². The van der Waals surface area contributed by atoms with Crippen LogP contribution in [0.1, 0.15) is 10.4 Å². The van der Waals surface area contributed by atoms with Crippen molar-refractivity contribution in [3.05, 3.63) is 60.2 Å². The molecule has 0 amide bonds. The lowest BCUT2D eigenvalue weighted by atomic mass is 9.97. The van der Waals surface area contributed by atoms with Gasteiger partial charge in [-0.25, -0.2) is 4.79 Å². The minimum absolute atomic E-state index is 0.177. The summed E-state index contributed by atoms with van der Waals surface area (Å²) in [5.74, 6) is -0.345. The highest BCUT2D eigenvalue weighted by Crippen LogP contribution is 2.29. The van der Waals surface area contributed by atoms with Gasteiger partial charge in [-0.2, -0.15) is 0 Å². The molecule has 0 N–H and O–H groups in total. The smallest absolute Gasteiger partial charge is 0.339 e. The molecule has 0 bridgehead atoms. The molecule has 196 valence electrons. The van der Waals surface area contributed by atoms with Gasteiger partial charge in [0.2, 0.25) is 0 Å². The predicted octanol–water partition coefficient (Wildman–Crippen LogP) is 3.88. The van der Waals surface area contributed by atoms with Crippen LogP contribution in [0.4, 0.5) is 0 Å². The third-order valence-corrected chi connectivity index (χ3v) is 5.36. The van der Waals surface area contributed by atoms with Gasteiger partial charge in [0.05, 0.1) is 78.2 Å². The average molecular weight is 501 g/mol. The maximum atomic E-state index is 12.9. The number of ether oxygens (including phenoxy) is 7. The molecule has 0 saturated heterocycles. The topological polar surface area (TPSA) is 81.7 Å².